The van der Waals surface area contributed by atoms with E-state index in [2.05, 4.69) is 26.5 Å². The summed E-state index contributed by atoms with van der Waals surface area (Å²) in [6.45, 7) is 1.19. The molecule has 2 aromatic heterocycles. The number of amides is 1. The van der Waals surface area contributed by atoms with Crippen LogP contribution in [0.2, 0.25) is 5.02 Å². The molecule has 5 rings (SSSR count). The van der Waals surface area contributed by atoms with Crippen molar-refractivity contribution in [1.29, 1.82) is 0 Å². The van der Waals surface area contributed by atoms with Crippen molar-refractivity contribution in [1.82, 2.24) is 24.8 Å². The molecule has 1 aliphatic heterocycles. The molecule has 2 aromatic carbocycles. The summed E-state index contributed by atoms with van der Waals surface area (Å²) in [5.41, 5.74) is 2.90. The van der Waals surface area contributed by atoms with Gasteiger partial charge < -0.3 is 19.9 Å². The molecular weight excluding hydrogens is 484 g/mol. The number of carbonyl (C=O) groups excluding carboxylic acids is 1. The van der Waals surface area contributed by atoms with Gasteiger partial charge in [-0.3, -0.25) is 4.79 Å². The lowest BCUT2D eigenvalue weighted by molar-refractivity contribution is 0.0797. The van der Waals surface area contributed by atoms with Crippen molar-refractivity contribution in [2.45, 2.75) is 12.5 Å². The van der Waals surface area contributed by atoms with Crippen LogP contribution in [0.15, 0.2) is 48.8 Å². The Labute approximate surface area is 212 Å². The number of H-pyrrole nitrogens is 1. The highest BCUT2D eigenvalue weighted by atomic mass is 35.5. The molecular formula is C25H25ClN6O2S. The highest BCUT2D eigenvalue weighted by molar-refractivity contribution is 7.98. The Kier molecular flexibility index (Phi) is 6.79. The molecule has 10 heteroatoms. The van der Waals surface area contributed by atoms with Crippen molar-refractivity contribution in [3.8, 4) is 5.75 Å². The van der Waals surface area contributed by atoms with Crippen molar-refractivity contribution in [2.75, 3.05) is 37.5 Å². The van der Waals surface area contributed by atoms with Crippen LogP contribution in [0, 0.1) is 0 Å². The summed E-state index contributed by atoms with van der Waals surface area (Å²) in [5.74, 6) is 2.81. The Morgan fingerprint density at radius 1 is 1.23 bits per heavy atom. The van der Waals surface area contributed by atoms with E-state index in [0.717, 1.165) is 34.4 Å². The maximum atomic E-state index is 13.1. The van der Waals surface area contributed by atoms with Gasteiger partial charge in [-0.2, -0.15) is 11.8 Å². The van der Waals surface area contributed by atoms with Gasteiger partial charge in [-0.05, 0) is 48.8 Å². The van der Waals surface area contributed by atoms with E-state index in [9.17, 15) is 4.79 Å². The lowest BCUT2D eigenvalue weighted by Gasteiger charge is -2.20. The van der Waals surface area contributed by atoms with E-state index >= 15 is 0 Å². The number of hydrogen-bond acceptors (Lipinski definition) is 7. The number of thioether (sulfide) groups is 1. The normalized spacial score (nSPS) is 14.1. The summed E-state index contributed by atoms with van der Waals surface area (Å²) < 4.78 is 5.61. The van der Waals surface area contributed by atoms with Gasteiger partial charge >= 0.3 is 0 Å². The lowest BCUT2D eigenvalue weighted by atomic mass is 10.1. The molecule has 1 aliphatic rings. The van der Waals surface area contributed by atoms with E-state index in [-0.39, 0.29) is 11.9 Å². The number of nitrogens with one attached hydrogen (secondary N) is 2. The predicted molar refractivity (Wildman–Crippen MR) is 142 cm³/mol. The Hall–Kier alpha value is -3.30. The van der Waals surface area contributed by atoms with Crippen LogP contribution in [0.1, 0.15) is 28.6 Å². The van der Waals surface area contributed by atoms with E-state index in [1.54, 1.807) is 29.8 Å². The first-order chi connectivity index (χ1) is 17.1. The molecule has 0 aliphatic carbocycles. The largest absolute Gasteiger partial charge is 0.496 e. The molecule has 0 saturated heterocycles. The molecule has 180 valence electrons. The van der Waals surface area contributed by atoms with Crippen molar-refractivity contribution in [3.05, 3.63) is 65.2 Å². The second-order valence-corrected chi connectivity index (χ2v) is 9.66. The number of aromatic nitrogens is 4. The summed E-state index contributed by atoms with van der Waals surface area (Å²) >= 11 is 7.93. The molecule has 0 unspecified atom stereocenters. The number of halogens is 1. The summed E-state index contributed by atoms with van der Waals surface area (Å²) in [6, 6.07) is 9.12. The first-order valence-corrected chi connectivity index (χ1v) is 13.0. The van der Waals surface area contributed by atoms with Gasteiger partial charge in [0.15, 0.2) is 0 Å². The predicted octanol–water partition coefficient (Wildman–Crippen LogP) is 5.09. The Balaban J connectivity index is 1.51. The number of fused-ring (bicyclic) bond motifs is 2. The van der Waals surface area contributed by atoms with Gasteiger partial charge in [0, 0.05) is 23.5 Å². The van der Waals surface area contributed by atoms with Gasteiger partial charge in [0.25, 0.3) is 5.91 Å². The second-order valence-electron chi connectivity index (χ2n) is 8.24. The van der Waals surface area contributed by atoms with Crippen LogP contribution in [0.5, 0.6) is 5.75 Å². The van der Waals surface area contributed by atoms with Crippen LogP contribution in [0.4, 0.5) is 5.82 Å². The average molecular weight is 509 g/mol. The van der Waals surface area contributed by atoms with Gasteiger partial charge in [0.2, 0.25) is 0 Å². The lowest BCUT2D eigenvalue weighted by Crippen LogP contribution is -2.28. The topological polar surface area (TPSA) is 96.0 Å². The van der Waals surface area contributed by atoms with Crippen LogP contribution in [-0.4, -0.2) is 63.0 Å². The van der Waals surface area contributed by atoms with Crippen LogP contribution >= 0.6 is 23.4 Å². The number of hydrogen-bond donors (Lipinski definition) is 2. The number of nitrogens with zero attached hydrogens (tertiary/aromatic N) is 4. The highest BCUT2D eigenvalue weighted by Crippen LogP contribution is 2.32. The van der Waals surface area contributed by atoms with Crippen LogP contribution < -0.4 is 10.1 Å². The zero-order valence-electron chi connectivity index (χ0n) is 19.4. The zero-order valence-corrected chi connectivity index (χ0v) is 21.0. The number of benzene rings is 2. The summed E-state index contributed by atoms with van der Waals surface area (Å²) in [7, 11) is 1.57. The summed E-state index contributed by atoms with van der Waals surface area (Å²) in [6.07, 6.45) is 8.38. The van der Waals surface area contributed by atoms with Crippen LogP contribution in [0.3, 0.4) is 0 Å². The fraction of sp³-hybridized carbons (Fsp3) is 0.280. The average Bonchev–Trinajstić information content (AvgIpc) is 3.55. The zero-order chi connectivity index (χ0) is 24.4. The number of methoxy groups -OCH3 is 1. The quantitative estimate of drug-likeness (QED) is 0.320. The monoisotopic (exact) mass is 508 g/mol. The Morgan fingerprint density at radius 2 is 2.06 bits per heavy atom. The minimum Gasteiger partial charge on any atom is -0.496 e. The molecule has 0 saturated carbocycles. The first-order valence-electron chi connectivity index (χ1n) is 11.2. The third-order valence-electron chi connectivity index (χ3n) is 6.01. The van der Waals surface area contributed by atoms with Crippen LogP contribution in [-0.2, 0) is 0 Å². The molecule has 1 amide bonds. The molecule has 0 radical (unpaired) electrons. The number of imidazole rings is 1. The SMILES string of the molecule is COc1cc2c(N[C@@H](CCSC)c3nc4cc(Cl)ccc4[nH]3)ncnc2cc1C(=O)N1CC=CC1. The van der Waals surface area contributed by atoms with Gasteiger partial charge in [-0.25, -0.2) is 15.0 Å². The molecule has 4 aromatic rings. The third-order valence-corrected chi connectivity index (χ3v) is 6.89. The maximum absolute atomic E-state index is 13.1. The molecule has 35 heavy (non-hydrogen) atoms. The van der Waals surface area contributed by atoms with Gasteiger partial charge in [0.1, 0.15) is 23.7 Å². The highest BCUT2D eigenvalue weighted by Gasteiger charge is 2.23. The van der Waals surface area contributed by atoms with Crippen molar-refractivity contribution in [2.24, 2.45) is 0 Å². The number of ether oxygens (including phenoxy) is 1. The Morgan fingerprint density at radius 3 is 2.83 bits per heavy atom. The second kappa shape index (κ2) is 10.1. The Bertz CT molecular complexity index is 1410. The molecule has 1 atom stereocenters. The smallest absolute Gasteiger partial charge is 0.258 e. The van der Waals surface area contributed by atoms with E-state index in [1.807, 2.05) is 36.4 Å². The molecule has 2 N–H and O–H groups in total. The number of carbonyl (C=O) groups is 1. The van der Waals surface area contributed by atoms with Crippen LogP contribution in [0.25, 0.3) is 21.9 Å². The fourth-order valence-electron chi connectivity index (χ4n) is 4.19. The third kappa shape index (κ3) is 4.78. The maximum Gasteiger partial charge on any atom is 0.258 e. The van der Waals surface area contributed by atoms with Gasteiger partial charge in [-0.1, -0.05) is 23.8 Å². The van der Waals surface area contributed by atoms with E-state index in [0.29, 0.717) is 40.8 Å². The van der Waals surface area contributed by atoms with E-state index in [1.165, 1.54) is 6.33 Å². The summed E-state index contributed by atoms with van der Waals surface area (Å²) in [4.78, 5) is 32.0. The number of aromatic amines is 1. The standard InChI is InChI=1S/C25H25ClN6O2S/c1-34-22-13-16-20(12-17(22)25(33)32-8-3-4-9-32)27-14-28-23(16)30-19(7-10-35-2)24-29-18-6-5-15(26)11-21(18)31-24/h3-6,11-14,19H,7-10H2,1-2H3,(H,29,31)(H,27,28,30)/t19-/m0/s1. The fourth-order valence-corrected chi connectivity index (χ4v) is 4.83. The van der Waals surface area contributed by atoms with E-state index in [4.69, 9.17) is 21.3 Å². The minimum atomic E-state index is -0.116. The molecule has 0 fully saturated rings. The molecule has 8 nitrogen and oxygen atoms in total. The number of rotatable bonds is 8. The van der Waals surface area contributed by atoms with Gasteiger partial charge in [-0.15, -0.1) is 0 Å². The minimum absolute atomic E-state index is 0.0827. The number of anilines is 1. The first kappa shape index (κ1) is 23.4. The molecule has 0 spiro atoms. The molecule has 3 heterocycles. The van der Waals surface area contributed by atoms with Crippen molar-refractivity contribution in [3.63, 3.8) is 0 Å². The van der Waals surface area contributed by atoms with E-state index < -0.39 is 0 Å². The van der Waals surface area contributed by atoms with Gasteiger partial charge in [0.05, 0.1) is 35.3 Å². The molecule has 0 bridgehead atoms. The van der Waals surface area contributed by atoms with Crippen molar-refractivity contribution >= 4 is 57.0 Å². The summed E-state index contributed by atoms with van der Waals surface area (Å²) in [5, 5.41) is 4.97. The van der Waals surface area contributed by atoms with Crippen molar-refractivity contribution < 1.29 is 9.53 Å².